The summed E-state index contributed by atoms with van der Waals surface area (Å²) in [5.74, 6) is 1.07. The Morgan fingerprint density at radius 2 is 1.73 bits per heavy atom. The number of nitrogens with zero attached hydrogens (tertiary/aromatic N) is 4. The Labute approximate surface area is 236 Å². The minimum absolute atomic E-state index is 0.145. The van der Waals surface area contributed by atoms with Gasteiger partial charge in [-0.3, -0.25) is 14.1 Å². The smallest absolute Gasteiger partial charge is 0.266 e. The lowest BCUT2D eigenvalue weighted by Gasteiger charge is -2.21. The van der Waals surface area contributed by atoms with Gasteiger partial charge < -0.3 is 10.3 Å². The van der Waals surface area contributed by atoms with Crippen molar-refractivity contribution in [1.29, 1.82) is 0 Å². The summed E-state index contributed by atoms with van der Waals surface area (Å²) < 4.78 is 27.8. The maximum Gasteiger partial charge on any atom is 0.266 e. The second-order valence-corrected chi connectivity index (χ2v) is 11.6. The van der Waals surface area contributed by atoms with E-state index in [1.807, 2.05) is 74.6 Å². The van der Waals surface area contributed by atoms with Gasteiger partial charge >= 0.3 is 0 Å². The number of benzene rings is 3. The average molecular weight is 566 g/mol. The molecule has 0 spiro atoms. The zero-order chi connectivity index (χ0) is 28.7. The maximum absolute atomic E-state index is 13.9. The molecular weight excluding hydrogens is 538 g/mol. The van der Waals surface area contributed by atoms with Gasteiger partial charge in [-0.25, -0.2) is 23.4 Å². The molecule has 0 aliphatic rings. The van der Waals surface area contributed by atoms with Gasteiger partial charge in [0.1, 0.15) is 23.6 Å². The second kappa shape index (κ2) is 10.2. The number of H-pyrrole nitrogens is 1. The largest absolute Gasteiger partial charge is 0.360 e. The van der Waals surface area contributed by atoms with E-state index in [4.69, 9.17) is 4.98 Å². The van der Waals surface area contributed by atoms with Crippen molar-refractivity contribution in [2.45, 2.75) is 19.9 Å². The standard InChI is InChI=1S/C30H27N7O3S/c1-18-9-7-14-24-25(18)30(38)37(22-12-5-4-6-13-22)29(35-24)19(2)34-28-26-23(16-31-27(26)32-17-33-28)20-10-8-11-21(15-20)36-41(3,39)40/h4-17,19,36H,1-3H3,(H2,31,32,33,34)/t19-/m0/s1. The minimum atomic E-state index is -3.44. The average Bonchev–Trinajstić information content (AvgIpc) is 3.38. The Morgan fingerprint density at radius 3 is 2.51 bits per heavy atom. The summed E-state index contributed by atoms with van der Waals surface area (Å²) >= 11 is 0. The number of rotatable bonds is 7. The van der Waals surface area contributed by atoms with Crippen molar-refractivity contribution in [2.24, 2.45) is 0 Å². The molecule has 0 unspecified atom stereocenters. The van der Waals surface area contributed by atoms with E-state index in [0.717, 1.165) is 28.3 Å². The number of para-hydroxylation sites is 1. The van der Waals surface area contributed by atoms with Gasteiger partial charge in [-0.05, 0) is 55.3 Å². The number of nitrogens with one attached hydrogen (secondary N) is 3. The fourth-order valence-corrected chi connectivity index (χ4v) is 5.62. The molecule has 11 heteroatoms. The first-order valence-electron chi connectivity index (χ1n) is 12.9. The fraction of sp³-hybridized carbons (Fsp3) is 0.133. The molecule has 1 atom stereocenters. The molecule has 0 saturated carbocycles. The SMILES string of the molecule is Cc1cccc2nc([C@H](C)Nc3ncnc4[nH]cc(-c5cccc(NS(C)(=O)=O)c5)c34)n(-c3ccccc3)c(=O)c12. The minimum Gasteiger partial charge on any atom is -0.360 e. The first-order chi connectivity index (χ1) is 19.7. The molecule has 3 heterocycles. The number of aryl methyl sites for hydroxylation is 1. The Morgan fingerprint density at radius 1 is 0.951 bits per heavy atom. The van der Waals surface area contributed by atoms with E-state index in [1.54, 1.807) is 22.8 Å². The number of anilines is 2. The molecule has 3 N–H and O–H groups in total. The van der Waals surface area contributed by atoms with E-state index in [2.05, 4.69) is 25.0 Å². The highest BCUT2D eigenvalue weighted by atomic mass is 32.2. The third-order valence-electron chi connectivity index (χ3n) is 6.83. The Hall–Kier alpha value is -5.03. The summed E-state index contributed by atoms with van der Waals surface area (Å²) in [7, 11) is -3.44. The summed E-state index contributed by atoms with van der Waals surface area (Å²) in [5.41, 5.74) is 4.66. The lowest BCUT2D eigenvalue weighted by atomic mass is 10.1. The van der Waals surface area contributed by atoms with Crippen molar-refractivity contribution in [3.8, 4) is 16.8 Å². The molecule has 206 valence electrons. The van der Waals surface area contributed by atoms with Crippen molar-refractivity contribution in [2.75, 3.05) is 16.3 Å². The van der Waals surface area contributed by atoms with Crippen molar-refractivity contribution in [1.82, 2.24) is 24.5 Å². The molecule has 41 heavy (non-hydrogen) atoms. The molecule has 0 fully saturated rings. The van der Waals surface area contributed by atoms with Crippen molar-refractivity contribution < 1.29 is 8.42 Å². The summed E-state index contributed by atoms with van der Waals surface area (Å²) in [6.45, 7) is 3.84. The third kappa shape index (κ3) is 5.03. The normalized spacial score (nSPS) is 12.5. The van der Waals surface area contributed by atoms with Gasteiger partial charge in [0, 0.05) is 17.4 Å². The lowest BCUT2D eigenvalue weighted by Crippen LogP contribution is -2.27. The van der Waals surface area contributed by atoms with Crippen LogP contribution >= 0.6 is 0 Å². The molecule has 10 nitrogen and oxygen atoms in total. The van der Waals surface area contributed by atoms with Gasteiger partial charge in [0.2, 0.25) is 10.0 Å². The van der Waals surface area contributed by atoms with Crippen LogP contribution in [0.1, 0.15) is 24.4 Å². The molecule has 6 aromatic rings. The predicted molar refractivity (Wildman–Crippen MR) is 162 cm³/mol. The van der Waals surface area contributed by atoms with Crippen LogP contribution in [0.25, 0.3) is 38.8 Å². The van der Waals surface area contributed by atoms with Crippen LogP contribution in [0.15, 0.2) is 90.1 Å². The van der Waals surface area contributed by atoms with E-state index in [-0.39, 0.29) is 5.56 Å². The summed E-state index contributed by atoms with van der Waals surface area (Å²) in [6, 6.07) is 21.8. The molecule has 0 amide bonds. The van der Waals surface area contributed by atoms with Crippen LogP contribution < -0.4 is 15.6 Å². The molecule has 0 radical (unpaired) electrons. The molecule has 0 aliphatic carbocycles. The van der Waals surface area contributed by atoms with Gasteiger partial charge in [0.05, 0.1) is 34.3 Å². The fourth-order valence-electron chi connectivity index (χ4n) is 5.06. The zero-order valence-electron chi connectivity index (χ0n) is 22.6. The van der Waals surface area contributed by atoms with Crippen LogP contribution in [-0.4, -0.2) is 39.2 Å². The Kier molecular flexibility index (Phi) is 6.50. The number of sulfonamides is 1. The highest BCUT2D eigenvalue weighted by molar-refractivity contribution is 7.92. The number of aromatic amines is 1. The second-order valence-electron chi connectivity index (χ2n) is 9.88. The number of hydrogen-bond acceptors (Lipinski definition) is 7. The van der Waals surface area contributed by atoms with Crippen LogP contribution in [-0.2, 0) is 10.0 Å². The topological polar surface area (TPSA) is 135 Å². The van der Waals surface area contributed by atoms with E-state index in [0.29, 0.717) is 39.6 Å². The maximum atomic E-state index is 13.9. The molecule has 6 rings (SSSR count). The summed E-state index contributed by atoms with van der Waals surface area (Å²) in [4.78, 5) is 31.0. The van der Waals surface area contributed by atoms with Gasteiger partial charge in [0.25, 0.3) is 5.56 Å². The Bertz CT molecular complexity index is 2090. The zero-order valence-corrected chi connectivity index (χ0v) is 23.4. The number of aromatic nitrogens is 5. The molecule has 3 aromatic heterocycles. The van der Waals surface area contributed by atoms with E-state index >= 15 is 0 Å². The predicted octanol–water partition coefficient (Wildman–Crippen LogP) is 5.18. The van der Waals surface area contributed by atoms with Crippen molar-refractivity contribution in [3.05, 3.63) is 107 Å². The van der Waals surface area contributed by atoms with Crippen LogP contribution in [0.3, 0.4) is 0 Å². The molecular formula is C30H27N7O3S. The van der Waals surface area contributed by atoms with Crippen molar-refractivity contribution >= 4 is 43.5 Å². The third-order valence-corrected chi connectivity index (χ3v) is 7.44. The van der Waals surface area contributed by atoms with Gasteiger partial charge in [0.15, 0.2) is 0 Å². The molecule has 0 bridgehead atoms. The summed E-state index contributed by atoms with van der Waals surface area (Å²) in [5, 5.41) is 4.76. The lowest BCUT2D eigenvalue weighted by molar-refractivity contribution is 0.607. The monoisotopic (exact) mass is 565 g/mol. The molecule has 0 saturated heterocycles. The van der Waals surface area contributed by atoms with Crippen LogP contribution in [0, 0.1) is 6.92 Å². The van der Waals surface area contributed by atoms with Gasteiger partial charge in [-0.2, -0.15) is 0 Å². The van der Waals surface area contributed by atoms with E-state index in [9.17, 15) is 13.2 Å². The quantitative estimate of drug-likeness (QED) is 0.243. The number of hydrogen-bond donors (Lipinski definition) is 3. The van der Waals surface area contributed by atoms with Gasteiger partial charge in [-0.15, -0.1) is 0 Å². The first-order valence-corrected chi connectivity index (χ1v) is 14.8. The van der Waals surface area contributed by atoms with Gasteiger partial charge in [-0.1, -0.05) is 42.5 Å². The highest BCUT2D eigenvalue weighted by Gasteiger charge is 2.21. The van der Waals surface area contributed by atoms with Crippen LogP contribution in [0.4, 0.5) is 11.5 Å². The van der Waals surface area contributed by atoms with E-state index in [1.165, 1.54) is 6.33 Å². The first kappa shape index (κ1) is 26.2. The Balaban J connectivity index is 1.47. The van der Waals surface area contributed by atoms with Crippen LogP contribution in [0.2, 0.25) is 0 Å². The molecule has 0 aliphatic heterocycles. The number of fused-ring (bicyclic) bond motifs is 2. The van der Waals surface area contributed by atoms with Crippen molar-refractivity contribution in [3.63, 3.8) is 0 Å². The van der Waals surface area contributed by atoms with E-state index < -0.39 is 16.1 Å². The molecule has 3 aromatic carbocycles. The van der Waals surface area contributed by atoms with Crippen LogP contribution in [0.5, 0.6) is 0 Å². The summed E-state index contributed by atoms with van der Waals surface area (Å²) in [6.07, 6.45) is 4.38. The highest BCUT2D eigenvalue weighted by Crippen LogP contribution is 2.34.